The maximum atomic E-state index is 13.1. The highest BCUT2D eigenvalue weighted by Gasteiger charge is 2.32. The SMILES string of the molecule is COc1c2c(c(C)c3cccc(OCc4ccccc4)c13)CC(NCC(=O)O)CC2=O. The number of hydrogen-bond acceptors (Lipinski definition) is 5. The van der Waals surface area contributed by atoms with Crippen molar-refractivity contribution in [2.45, 2.75) is 32.4 Å². The summed E-state index contributed by atoms with van der Waals surface area (Å²) in [6.45, 7) is 2.23. The van der Waals surface area contributed by atoms with Crippen molar-refractivity contribution in [3.05, 3.63) is 70.8 Å². The minimum atomic E-state index is -0.939. The van der Waals surface area contributed by atoms with Gasteiger partial charge in [0.2, 0.25) is 0 Å². The molecule has 0 fully saturated rings. The van der Waals surface area contributed by atoms with Crippen molar-refractivity contribution in [1.82, 2.24) is 5.32 Å². The summed E-state index contributed by atoms with van der Waals surface area (Å²) in [5.74, 6) is 0.207. The van der Waals surface area contributed by atoms with Gasteiger partial charge >= 0.3 is 5.97 Å². The van der Waals surface area contributed by atoms with Gasteiger partial charge in [0.1, 0.15) is 18.1 Å². The van der Waals surface area contributed by atoms with Gasteiger partial charge in [0, 0.05) is 12.5 Å². The van der Waals surface area contributed by atoms with E-state index in [4.69, 9.17) is 14.6 Å². The number of ether oxygens (including phenoxy) is 2. The second-order valence-electron chi connectivity index (χ2n) is 7.77. The number of carbonyl (C=O) groups is 2. The smallest absolute Gasteiger partial charge is 0.317 e. The zero-order valence-corrected chi connectivity index (χ0v) is 17.6. The number of aryl methyl sites for hydroxylation is 1. The fraction of sp³-hybridized carbons (Fsp3) is 0.280. The fourth-order valence-corrected chi connectivity index (χ4v) is 4.32. The average molecular weight is 419 g/mol. The third-order valence-corrected chi connectivity index (χ3v) is 5.78. The third kappa shape index (κ3) is 4.11. The lowest BCUT2D eigenvalue weighted by atomic mass is 9.81. The molecular formula is C25H25NO5. The Labute approximate surface area is 180 Å². The number of aliphatic carboxylic acids is 1. The summed E-state index contributed by atoms with van der Waals surface area (Å²) in [4.78, 5) is 24.0. The van der Waals surface area contributed by atoms with Crippen LogP contribution in [-0.4, -0.2) is 36.6 Å². The van der Waals surface area contributed by atoms with Crippen LogP contribution in [-0.2, 0) is 17.8 Å². The topological polar surface area (TPSA) is 84.9 Å². The summed E-state index contributed by atoms with van der Waals surface area (Å²) in [6, 6.07) is 15.5. The molecule has 6 heteroatoms. The molecular weight excluding hydrogens is 394 g/mol. The number of ketones is 1. The molecule has 1 aliphatic rings. The van der Waals surface area contributed by atoms with Crippen molar-refractivity contribution in [2.24, 2.45) is 0 Å². The summed E-state index contributed by atoms with van der Waals surface area (Å²) >= 11 is 0. The van der Waals surface area contributed by atoms with Crippen LogP contribution in [0.2, 0.25) is 0 Å². The summed E-state index contributed by atoms with van der Waals surface area (Å²) in [5.41, 5.74) is 3.53. The van der Waals surface area contributed by atoms with Crippen LogP contribution in [0.25, 0.3) is 10.8 Å². The first-order valence-electron chi connectivity index (χ1n) is 10.3. The number of benzene rings is 3. The van der Waals surface area contributed by atoms with E-state index >= 15 is 0 Å². The molecule has 0 saturated heterocycles. The zero-order valence-electron chi connectivity index (χ0n) is 17.6. The number of methoxy groups -OCH3 is 1. The summed E-state index contributed by atoms with van der Waals surface area (Å²) in [6.07, 6.45) is 0.802. The molecule has 160 valence electrons. The van der Waals surface area contributed by atoms with E-state index in [1.54, 1.807) is 7.11 Å². The first-order valence-corrected chi connectivity index (χ1v) is 10.3. The number of carboxylic acid groups (broad SMARTS) is 1. The molecule has 4 rings (SSSR count). The quantitative estimate of drug-likeness (QED) is 0.604. The van der Waals surface area contributed by atoms with Crippen LogP contribution in [0.1, 0.15) is 33.5 Å². The molecule has 0 bridgehead atoms. The van der Waals surface area contributed by atoms with Crippen molar-refractivity contribution in [1.29, 1.82) is 0 Å². The summed E-state index contributed by atoms with van der Waals surface area (Å²) < 4.78 is 11.9. The Morgan fingerprint density at radius 2 is 1.90 bits per heavy atom. The molecule has 0 heterocycles. The minimum Gasteiger partial charge on any atom is -0.495 e. The first kappa shape index (κ1) is 20.9. The minimum absolute atomic E-state index is 0.0520. The molecule has 0 spiro atoms. The van der Waals surface area contributed by atoms with E-state index in [1.807, 2.05) is 55.5 Å². The molecule has 1 unspecified atom stereocenters. The molecule has 0 saturated carbocycles. The van der Waals surface area contributed by atoms with Gasteiger partial charge in [0.15, 0.2) is 5.78 Å². The van der Waals surface area contributed by atoms with Crippen LogP contribution in [0.4, 0.5) is 0 Å². The zero-order chi connectivity index (χ0) is 22.0. The summed E-state index contributed by atoms with van der Waals surface area (Å²) in [7, 11) is 1.57. The number of carboxylic acids is 1. The second kappa shape index (κ2) is 8.78. The molecule has 31 heavy (non-hydrogen) atoms. The molecule has 0 amide bonds. The monoisotopic (exact) mass is 419 g/mol. The van der Waals surface area contributed by atoms with Crippen LogP contribution >= 0.6 is 0 Å². The van der Waals surface area contributed by atoms with Gasteiger partial charge in [-0.1, -0.05) is 42.5 Å². The van der Waals surface area contributed by atoms with Crippen molar-refractivity contribution < 1.29 is 24.2 Å². The second-order valence-corrected chi connectivity index (χ2v) is 7.77. The van der Waals surface area contributed by atoms with Gasteiger partial charge in [-0.15, -0.1) is 0 Å². The number of nitrogens with one attached hydrogen (secondary N) is 1. The fourth-order valence-electron chi connectivity index (χ4n) is 4.32. The van der Waals surface area contributed by atoms with Gasteiger partial charge < -0.3 is 19.9 Å². The Bertz CT molecular complexity index is 1140. The van der Waals surface area contributed by atoms with Gasteiger partial charge in [-0.25, -0.2) is 0 Å². The van der Waals surface area contributed by atoms with E-state index in [0.717, 1.165) is 27.5 Å². The van der Waals surface area contributed by atoms with Gasteiger partial charge in [-0.05, 0) is 41.5 Å². The van der Waals surface area contributed by atoms with E-state index in [0.29, 0.717) is 30.1 Å². The lowest BCUT2D eigenvalue weighted by Crippen LogP contribution is -2.40. The van der Waals surface area contributed by atoms with Gasteiger partial charge in [-0.2, -0.15) is 0 Å². The van der Waals surface area contributed by atoms with Gasteiger partial charge in [-0.3, -0.25) is 9.59 Å². The maximum Gasteiger partial charge on any atom is 0.317 e. The predicted molar refractivity (Wildman–Crippen MR) is 118 cm³/mol. The van der Waals surface area contributed by atoms with E-state index < -0.39 is 5.97 Å². The van der Waals surface area contributed by atoms with Crippen LogP contribution in [0.3, 0.4) is 0 Å². The predicted octanol–water partition coefficient (Wildman–Crippen LogP) is 3.91. The van der Waals surface area contributed by atoms with Crippen molar-refractivity contribution in [3.63, 3.8) is 0 Å². The highest BCUT2D eigenvalue weighted by molar-refractivity contribution is 6.10. The number of hydrogen-bond donors (Lipinski definition) is 2. The lowest BCUT2D eigenvalue weighted by Gasteiger charge is -2.28. The van der Waals surface area contributed by atoms with Crippen molar-refractivity contribution in [3.8, 4) is 11.5 Å². The normalized spacial score (nSPS) is 15.5. The molecule has 1 atom stereocenters. The van der Waals surface area contributed by atoms with Crippen molar-refractivity contribution in [2.75, 3.05) is 13.7 Å². The average Bonchev–Trinajstić information content (AvgIpc) is 2.78. The molecule has 0 aliphatic heterocycles. The lowest BCUT2D eigenvalue weighted by molar-refractivity contribution is -0.136. The first-order chi connectivity index (χ1) is 15.0. The van der Waals surface area contributed by atoms with Crippen LogP contribution in [0.5, 0.6) is 11.5 Å². The third-order valence-electron chi connectivity index (χ3n) is 5.78. The molecule has 1 aliphatic carbocycles. The Kier molecular flexibility index (Phi) is 5.91. The van der Waals surface area contributed by atoms with E-state index in [2.05, 4.69) is 5.32 Å². The Hall–Kier alpha value is -3.38. The standard InChI is InChI=1S/C25H25NO5/c1-15-18-9-6-10-21(31-14-16-7-4-3-5-8-16)24(18)25(30-2)23-19(15)11-17(12-20(23)27)26-13-22(28)29/h3-10,17,26H,11-14H2,1-2H3,(H,28,29). The van der Waals surface area contributed by atoms with Crippen LogP contribution in [0.15, 0.2) is 48.5 Å². The molecule has 0 radical (unpaired) electrons. The highest BCUT2D eigenvalue weighted by Crippen LogP contribution is 2.43. The van der Waals surface area contributed by atoms with Crippen LogP contribution in [0, 0.1) is 6.92 Å². The number of carbonyl (C=O) groups excluding carboxylic acids is 1. The molecule has 2 N–H and O–H groups in total. The number of Topliss-reactive ketones (excluding diaryl/α,β-unsaturated/α-hetero) is 1. The Balaban J connectivity index is 1.77. The molecule has 3 aromatic rings. The largest absolute Gasteiger partial charge is 0.495 e. The highest BCUT2D eigenvalue weighted by atomic mass is 16.5. The summed E-state index contributed by atoms with van der Waals surface area (Å²) in [5, 5.41) is 13.7. The van der Waals surface area contributed by atoms with Gasteiger partial charge in [0.05, 0.1) is 24.6 Å². The molecule has 6 nitrogen and oxygen atoms in total. The van der Waals surface area contributed by atoms with E-state index in [-0.39, 0.29) is 24.8 Å². The van der Waals surface area contributed by atoms with Crippen molar-refractivity contribution >= 4 is 22.5 Å². The maximum absolute atomic E-state index is 13.1. The Morgan fingerprint density at radius 1 is 1.13 bits per heavy atom. The molecule has 3 aromatic carbocycles. The number of fused-ring (bicyclic) bond motifs is 2. The Morgan fingerprint density at radius 3 is 2.61 bits per heavy atom. The van der Waals surface area contributed by atoms with Crippen LogP contribution < -0.4 is 14.8 Å². The number of rotatable bonds is 7. The van der Waals surface area contributed by atoms with E-state index in [1.165, 1.54) is 0 Å². The molecule has 0 aromatic heterocycles. The van der Waals surface area contributed by atoms with Gasteiger partial charge in [0.25, 0.3) is 0 Å². The van der Waals surface area contributed by atoms with E-state index in [9.17, 15) is 9.59 Å².